The molecule has 2 amide bonds. The summed E-state index contributed by atoms with van der Waals surface area (Å²) in [6.45, 7) is 1.92. The number of carbonyl (C=O) groups excluding carboxylic acids is 1. The van der Waals surface area contributed by atoms with E-state index >= 15 is 0 Å². The van der Waals surface area contributed by atoms with Crippen LogP contribution in [0.15, 0.2) is 24.3 Å². The molecular weight excluding hydrogens is 313 g/mol. The molecule has 126 valence electrons. The van der Waals surface area contributed by atoms with Gasteiger partial charge in [0, 0.05) is 18.8 Å². The Morgan fingerprint density at radius 1 is 1.39 bits per heavy atom. The number of nitrogens with one attached hydrogen (secondary N) is 1. The normalized spacial score (nSPS) is 21.3. The van der Waals surface area contributed by atoms with Crippen molar-refractivity contribution in [2.75, 3.05) is 18.4 Å². The monoisotopic (exact) mass is 330 g/mol. The van der Waals surface area contributed by atoms with Crippen LogP contribution in [-0.4, -0.2) is 41.3 Å². The van der Waals surface area contributed by atoms with Crippen molar-refractivity contribution in [1.82, 2.24) is 4.90 Å². The molecule has 1 aromatic carbocycles. The lowest BCUT2D eigenvalue weighted by molar-refractivity contribution is -0.147. The number of alkyl halides is 3. The highest BCUT2D eigenvalue weighted by Crippen LogP contribution is 2.30. The van der Waals surface area contributed by atoms with Gasteiger partial charge in [-0.05, 0) is 31.0 Å². The van der Waals surface area contributed by atoms with Gasteiger partial charge in [0.05, 0.1) is 11.8 Å². The Morgan fingerprint density at radius 2 is 2.09 bits per heavy atom. The van der Waals surface area contributed by atoms with Crippen molar-refractivity contribution in [3.63, 3.8) is 0 Å². The first-order valence-corrected chi connectivity index (χ1v) is 7.04. The largest absolute Gasteiger partial charge is 0.481 e. The first-order chi connectivity index (χ1) is 10.6. The molecule has 1 aromatic rings. The van der Waals surface area contributed by atoms with Crippen LogP contribution in [0.25, 0.3) is 0 Å². The highest BCUT2D eigenvalue weighted by atomic mass is 19.4. The summed E-state index contributed by atoms with van der Waals surface area (Å²) >= 11 is 0. The van der Waals surface area contributed by atoms with E-state index in [9.17, 15) is 22.8 Å². The summed E-state index contributed by atoms with van der Waals surface area (Å²) in [5.74, 6) is -0.972. The number of benzene rings is 1. The molecule has 0 saturated carbocycles. The second kappa shape index (κ2) is 6.10. The number of urea groups is 1. The number of carboxylic acid groups (broad SMARTS) is 1. The van der Waals surface area contributed by atoms with E-state index in [0.717, 1.165) is 0 Å². The van der Waals surface area contributed by atoms with E-state index < -0.39 is 30.0 Å². The van der Waals surface area contributed by atoms with Crippen molar-refractivity contribution in [3.8, 4) is 0 Å². The predicted molar refractivity (Wildman–Crippen MR) is 77.2 cm³/mol. The number of amides is 2. The van der Waals surface area contributed by atoms with E-state index in [1.54, 1.807) is 6.92 Å². The molecule has 0 bridgehead atoms. The van der Waals surface area contributed by atoms with Gasteiger partial charge in [-0.25, -0.2) is 4.79 Å². The van der Waals surface area contributed by atoms with Crippen LogP contribution in [0.4, 0.5) is 23.7 Å². The van der Waals surface area contributed by atoms with Crippen LogP contribution in [0.1, 0.15) is 18.9 Å². The summed E-state index contributed by atoms with van der Waals surface area (Å²) < 4.78 is 37.2. The summed E-state index contributed by atoms with van der Waals surface area (Å²) in [6, 6.07) is 5.00. The molecule has 5 nitrogen and oxygen atoms in total. The molecule has 1 aliphatic rings. The van der Waals surface area contributed by atoms with Crippen molar-refractivity contribution in [1.29, 1.82) is 0 Å². The average molecular weight is 330 g/mol. The SMILES string of the molecule is CC1(C(=O)O)CCN(C(=O)Nc2cccc(CC(F)(F)F)c2)C1. The summed E-state index contributed by atoms with van der Waals surface area (Å²) in [7, 11) is 0. The summed E-state index contributed by atoms with van der Waals surface area (Å²) in [5.41, 5.74) is -0.692. The van der Waals surface area contributed by atoms with Gasteiger partial charge in [0.2, 0.25) is 0 Å². The zero-order valence-electron chi connectivity index (χ0n) is 12.5. The maximum absolute atomic E-state index is 12.4. The smallest absolute Gasteiger partial charge is 0.393 e. The summed E-state index contributed by atoms with van der Waals surface area (Å²) in [5, 5.41) is 11.7. The van der Waals surface area contributed by atoms with E-state index in [1.807, 2.05) is 0 Å². The minimum atomic E-state index is -4.32. The Balaban J connectivity index is 2.01. The molecule has 0 aliphatic carbocycles. The molecule has 2 rings (SSSR count). The van der Waals surface area contributed by atoms with Crippen molar-refractivity contribution in [3.05, 3.63) is 29.8 Å². The zero-order valence-corrected chi connectivity index (χ0v) is 12.5. The minimum Gasteiger partial charge on any atom is -0.481 e. The van der Waals surface area contributed by atoms with Gasteiger partial charge in [-0.2, -0.15) is 13.2 Å². The van der Waals surface area contributed by atoms with Gasteiger partial charge in [-0.3, -0.25) is 4.79 Å². The van der Waals surface area contributed by atoms with Gasteiger partial charge in [0.15, 0.2) is 0 Å². The van der Waals surface area contributed by atoms with Crippen LogP contribution in [0.5, 0.6) is 0 Å². The highest BCUT2D eigenvalue weighted by Gasteiger charge is 2.42. The third-order valence-corrected chi connectivity index (χ3v) is 3.86. The van der Waals surface area contributed by atoms with Gasteiger partial charge in [-0.15, -0.1) is 0 Å². The topological polar surface area (TPSA) is 69.6 Å². The molecule has 1 saturated heterocycles. The molecule has 1 aliphatic heterocycles. The van der Waals surface area contributed by atoms with Crippen LogP contribution in [0, 0.1) is 5.41 Å². The molecule has 23 heavy (non-hydrogen) atoms. The second-order valence-electron chi connectivity index (χ2n) is 5.96. The van der Waals surface area contributed by atoms with E-state index in [1.165, 1.54) is 29.2 Å². The lowest BCUT2D eigenvalue weighted by Gasteiger charge is -2.20. The Morgan fingerprint density at radius 3 is 2.65 bits per heavy atom. The van der Waals surface area contributed by atoms with Crippen molar-refractivity contribution >= 4 is 17.7 Å². The minimum absolute atomic E-state index is 0.0482. The lowest BCUT2D eigenvalue weighted by Crippen LogP contribution is -2.37. The number of likely N-dealkylation sites (tertiary alicyclic amines) is 1. The van der Waals surface area contributed by atoms with Gasteiger partial charge < -0.3 is 15.3 Å². The fraction of sp³-hybridized carbons (Fsp3) is 0.467. The molecule has 1 heterocycles. The predicted octanol–water partition coefficient (Wildman–Crippen LogP) is 3.12. The van der Waals surface area contributed by atoms with Crippen LogP contribution in [-0.2, 0) is 11.2 Å². The molecule has 0 radical (unpaired) electrons. The average Bonchev–Trinajstić information content (AvgIpc) is 2.81. The van der Waals surface area contributed by atoms with E-state index in [2.05, 4.69) is 5.32 Å². The van der Waals surface area contributed by atoms with Crippen LogP contribution < -0.4 is 5.32 Å². The number of carboxylic acids is 1. The Kier molecular flexibility index (Phi) is 4.53. The van der Waals surface area contributed by atoms with E-state index in [-0.39, 0.29) is 24.3 Å². The van der Waals surface area contributed by atoms with E-state index in [4.69, 9.17) is 5.11 Å². The van der Waals surface area contributed by atoms with Crippen molar-refractivity contribution in [2.24, 2.45) is 5.41 Å². The summed E-state index contributed by atoms with van der Waals surface area (Å²) in [6.07, 6.45) is -5.05. The molecule has 1 atom stereocenters. The Bertz CT molecular complexity index is 618. The molecule has 1 fully saturated rings. The van der Waals surface area contributed by atoms with Crippen LogP contribution in [0.3, 0.4) is 0 Å². The first kappa shape index (κ1) is 17.1. The zero-order chi connectivity index (χ0) is 17.3. The van der Waals surface area contributed by atoms with Gasteiger partial charge in [-0.1, -0.05) is 12.1 Å². The third-order valence-electron chi connectivity index (χ3n) is 3.86. The Hall–Kier alpha value is -2.25. The molecule has 0 spiro atoms. The number of aliphatic carboxylic acids is 1. The second-order valence-corrected chi connectivity index (χ2v) is 5.96. The molecule has 2 N–H and O–H groups in total. The number of hydrogen-bond acceptors (Lipinski definition) is 2. The molecule has 8 heteroatoms. The standard InChI is InChI=1S/C15H17F3N2O3/c1-14(12(21)22)5-6-20(9-14)13(23)19-11-4-2-3-10(7-11)8-15(16,17)18/h2-4,7H,5-6,8-9H2,1H3,(H,19,23)(H,21,22). The van der Waals surface area contributed by atoms with Crippen LogP contribution >= 0.6 is 0 Å². The highest BCUT2D eigenvalue weighted by molar-refractivity contribution is 5.90. The maximum Gasteiger partial charge on any atom is 0.393 e. The molecule has 0 aromatic heterocycles. The third kappa shape index (κ3) is 4.37. The van der Waals surface area contributed by atoms with Gasteiger partial charge in [0.25, 0.3) is 0 Å². The number of carbonyl (C=O) groups is 2. The fourth-order valence-electron chi connectivity index (χ4n) is 2.50. The van der Waals surface area contributed by atoms with E-state index in [0.29, 0.717) is 6.42 Å². The molecule has 1 unspecified atom stereocenters. The fourth-order valence-corrected chi connectivity index (χ4v) is 2.50. The van der Waals surface area contributed by atoms with Crippen molar-refractivity contribution in [2.45, 2.75) is 25.9 Å². The molecular formula is C15H17F3N2O3. The Labute approximate surface area is 131 Å². The van der Waals surface area contributed by atoms with Gasteiger partial charge >= 0.3 is 18.2 Å². The quantitative estimate of drug-likeness (QED) is 0.895. The van der Waals surface area contributed by atoms with Gasteiger partial charge in [0.1, 0.15) is 0 Å². The number of rotatable bonds is 3. The number of anilines is 1. The lowest BCUT2D eigenvalue weighted by atomic mass is 9.90. The maximum atomic E-state index is 12.4. The van der Waals surface area contributed by atoms with Crippen molar-refractivity contribution < 1.29 is 27.9 Å². The number of nitrogens with zero attached hydrogens (tertiary/aromatic N) is 1. The number of halogens is 3. The first-order valence-electron chi connectivity index (χ1n) is 7.04. The van der Waals surface area contributed by atoms with Crippen LogP contribution in [0.2, 0.25) is 0 Å². The number of hydrogen-bond donors (Lipinski definition) is 2. The summed E-state index contributed by atoms with van der Waals surface area (Å²) in [4.78, 5) is 24.6.